The Bertz CT molecular complexity index is 1350. The summed E-state index contributed by atoms with van der Waals surface area (Å²) in [6.07, 6.45) is 1.67. The lowest BCUT2D eigenvalue weighted by Gasteiger charge is -2.08. The molecule has 0 aliphatic heterocycles. The fraction of sp³-hybridized carbons (Fsp3) is 0.143. The second-order valence-electron chi connectivity index (χ2n) is 6.92. The number of nitrogens with zero attached hydrogens (tertiary/aromatic N) is 4. The highest BCUT2D eigenvalue weighted by Crippen LogP contribution is 2.19. The molecule has 0 atom stereocenters. The van der Waals surface area contributed by atoms with Crippen molar-refractivity contribution in [3.63, 3.8) is 0 Å². The van der Waals surface area contributed by atoms with Crippen molar-refractivity contribution in [1.82, 2.24) is 19.1 Å². The standard InChI is InChI=1S/C21H19BrN6O2/c1-13-3-5-14(6-4-13)11-23-26-20-24-18-17(19(29)25-21(30)27(18)2)28(20)12-15-7-9-16(22)10-8-15/h3-11H,12H2,1-2H3,(H,24,26)(H,25,29,30)/b23-11-. The van der Waals surface area contributed by atoms with Gasteiger partial charge in [0.15, 0.2) is 11.2 Å². The van der Waals surface area contributed by atoms with Crippen LogP contribution in [0.3, 0.4) is 0 Å². The van der Waals surface area contributed by atoms with E-state index < -0.39 is 11.2 Å². The molecule has 0 saturated heterocycles. The predicted octanol–water partition coefficient (Wildman–Crippen LogP) is 2.99. The fourth-order valence-corrected chi connectivity index (χ4v) is 3.33. The Kier molecular flexibility index (Phi) is 5.37. The van der Waals surface area contributed by atoms with Gasteiger partial charge in [0.2, 0.25) is 5.95 Å². The molecule has 2 aromatic heterocycles. The van der Waals surface area contributed by atoms with Gasteiger partial charge in [0.25, 0.3) is 5.56 Å². The zero-order chi connectivity index (χ0) is 21.3. The van der Waals surface area contributed by atoms with Crippen LogP contribution in [0.25, 0.3) is 11.2 Å². The van der Waals surface area contributed by atoms with E-state index in [-0.39, 0.29) is 5.65 Å². The summed E-state index contributed by atoms with van der Waals surface area (Å²) < 4.78 is 3.98. The molecule has 0 bridgehead atoms. The van der Waals surface area contributed by atoms with Gasteiger partial charge < -0.3 is 0 Å². The molecule has 2 heterocycles. The summed E-state index contributed by atoms with van der Waals surface area (Å²) in [6, 6.07) is 15.7. The van der Waals surface area contributed by atoms with Crippen LogP contribution in [0.5, 0.6) is 0 Å². The van der Waals surface area contributed by atoms with Gasteiger partial charge in [-0.2, -0.15) is 10.1 Å². The third-order valence-corrected chi connectivity index (χ3v) is 5.25. The van der Waals surface area contributed by atoms with E-state index in [0.29, 0.717) is 18.0 Å². The maximum Gasteiger partial charge on any atom is 0.329 e. The molecular weight excluding hydrogens is 448 g/mol. The van der Waals surface area contributed by atoms with E-state index in [2.05, 4.69) is 36.4 Å². The van der Waals surface area contributed by atoms with Crippen molar-refractivity contribution in [2.75, 3.05) is 5.43 Å². The van der Waals surface area contributed by atoms with Crippen LogP contribution in [-0.2, 0) is 13.6 Å². The number of aromatic amines is 1. The third kappa shape index (κ3) is 3.97. The molecule has 9 heteroatoms. The Labute approximate surface area is 180 Å². The van der Waals surface area contributed by atoms with Crippen molar-refractivity contribution in [1.29, 1.82) is 0 Å². The number of H-pyrrole nitrogens is 1. The molecule has 2 N–H and O–H groups in total. The minimum Gasteiger partial charge on any atom is -0.298 e. The molecule has 4 rings (SSSR count). The second-order valence-corrected chi connectivity index (χ2v) is 7.83. The smallest absolute Gasteiger partial charge is 0.298 e. The summed E-state index contributed by atoms with van der Waals surface area (Å²) in [7, 11) is 1.57. The van der Waals surface area contributed by atoms with Gasteiger partial charge in [0.05, 0.1) is 12.8 Å². The molecule has 0 amide bonds. The minimum absolute atomic E-state index is 0.286. The zero-order valence-corrected chi connectivity index (χ0v) is 18.0. The Hall–Kier alpha value is -3.46. The van der Waals surface area contributed by atoms with Crippen molar-refractivity contribution in [2.24, 2.45) is 12.1 Å². The topological polar surface area (TPSA) is 97.1 Å². The van der Waals surface area contributed by atoms with Crippen molar-refractivity contribution in [3.8, 4) is 0 Å². The lowest BCUT2D eigenvalue weighted by molar-refractivity contribution is 0.808. The monoisotopic (exact) mass is 466 g/mol. The van der Waals surface area contributed by atoms with Crippen LogP contribution in [0, 0.1) is 6.92 Å². The maximum absolute atomic E-state index is 12.6. The molecule has 152 valence electrons. The van der Waals surface area contributed by atoms with Crippen molar-refractivity contribution < 1.29 is 0 Å². The Morgan fingerprint density at radius 2 is 1.83 bits per heavy atom. The first kappa shape index (κ1) is 19.8. The van der Waals surface area contributed by atoms with E-state index in [1.54, 1.807) is 17.8 Å². The average Bonchev–Trinajstić information content (AvgIpc) is 3.08. The van der Waals surface area contributed by atoms with Crippen molar-refractivity contribution in [3.05, 3.63) is 90.5 Å². The summed E-state index contributed by atoms with van der Waals surface area (Å²) in [5.41, 5.74) is 5.55. The van der Waals surface area contributed by atoms with Crippen LogP contribution in [0.1, 0.15) is 16.7 Å². The third-order valence-electron chi connectivity index (χ3n) is 4.72. The van der Waals surface area contributed by atoms with Gasteiger partial charge in [0.1, 0.15) is 0 Å². The van der Waals surface area contributed by atoms with E-state index in [1.807, 2.05) is 55.5 Å². The van der Waals surface area contributed by atoms with Crippen molar-refractivity contribution in [2.45, 2.75) is 13.5 Å². The largest absolute Gasteiger partial charge is 0.329 e. The van der Waals surface area contributed by atoms with E-state index in [4.69, 9.17) is 0 Å². The molecular formula is C21H19BrN6O2. The number of halogens is 1. The lowest BCUT2D eigenvalue weighted by atomic mass is 10.2. The number of aryl methyl sites for hydroxylation is 2. The van der Waals surface area contributed by atoms with Crippen LogP contribution in [0.4, 0.5) is 5.95 Å². The highest BCUT2D eigenvalue weighted by atomic mass is 79.9. The molecule has 0 fully saturated rings. The predicted molar refractivity (Wildman–Crippen MR) is 121 cm³/mol. The molecule has 8 nitrogen and oxygen atoms in total. The summed E-state index contributed by atoms with van der Waals surface area (Å²) in [5.74, 6) is 0.364. The highest BCUT2D eigenvalue weighted by molar-refractivity contribution is 9.10. The number of aromatic nitrogens is 4. The summed E-state index contributed by atoms with van der Waals surface area (Å²) in [6.45, 7) is 2.40. The van der Waals surface area contributed by atoms with Crippen LogP contribution in [-0.4, -0.2) is 25.3 Å². The van der Waals surface area contributed by atoms with Gasteiger partial charge in [-0.25, -0.2) is 10.2 Å². The van der Waals surface area contributed by atoms with Gasteiger partial charge in [-0.1, -0.05) is 57.9 Å². The molecule has 0 aliphatic carbocycles. The number of rotatable bonds is 5. The molecule has 0 saturated carbocycles. The van der Waals surface area contributed by atoms with Gasteiger partial charge in [-0.05, 0) is 30.2 Å². The Morgan fingerprint density at radius 1 is 1.13 bits per heavy atom. The van der Waals surface area contributed by atoms with Crippen LogP contribution >= 0.6 is 15.9 Å². The molecule has 0 spiro atoms. The zero-order valence-electron chi connectivity index (χ0n) is 16.4. The quantitative estimate of drug-likeness (QED) is 0.349. The van der Waals surface area contributed by atoms with Gasteiger partial charge in [0, 0.05) is 11.5 Å². The van der Waals surface area contributed by atoms with Crippen molar-refractivity contribution >= 4 is 39.3 Å². The molecule has 4 aromatic rings. The number of fused-ring (bicyclic) bond motifs is 1. The number of hydrogen-bond acceptors (Lipinski definition) is 5. The number of imidazole rings is 1. The second kappa shape index (κ2) is 8.11. The molecule has 0 aliphatic rings. The van der Waals surface area contributed by atoms with E-state index >= 15 is 0 Å². The van der Waals surface area contributed by atoms with E-state index in [9.17, 15) is 9.59 Å². The first-order chi connectivity index (χ1) is 14.4. The molecule has 0 unspecified atom stereocenters. The maximum atomic E-state index is 12.6. The normalized spacial score (nSPS) is 11.4. The fourth-order valence-electron chi connectivity index (χ4n) is 3.06. The molecule has 30 heavy (non-hydrogen) atoms. The van der Waals surface area contributed by atoms with E-state index in [1.165, 1.54) is 4.57 Å². The van der Waals surface area contributed by atoms with Crippen LogP contribution in [0.15, 0.2) is 67.7 Å². The number of hydrogen-bond donors (Lipinski definition) is 2. The van der Waals surface area contributed by atoms with Gasteiger partial charge in [-0.3, -0.25) is 18.9 Å². The number of anilines is 1. The molecule has 2 aromatic carbocycles. The minimum atomic E-state index is -0.518. The number of hydrazone groups is 1. The summed E-state index contributed by atoms with van der Waals surface area (Å²) >= 11 is 3.42. The first-order valence-corrected chi connectivity index (χ1v) is 10.0. The van der Waals surface area contributed by atoms with E-state index in [0.717, 1.165) is 21.2 Å². The van der Waals surface area contributed by atoms with Crippen LogP contribution < -0.4 is 16.7 Å². The van der Waals surface area contributed by atoms with Crippen LogP contribution in [0.2, 0.25) is 0 Å². The van der Waals surface area contributed by atoms with Gasteiger partial charge >= 0.3 is 5.69 Å². The number of benzene rings is 2. The first-order valence-electron chi connectivity index (χ1n) is 9.22. The SMILES string of the molecule is Cc1ccc(/C=N\Nc2nc3c(c(=O)[nH]c(=O)n3C)n2Cc2ccc(Br)cc2)cc1. The Balaban J connectivity index is 1.77. The molecule has 0 radical (unpaired) electrons. The highest BCUT2D eigenvalue weighted by Gasteiger charge is 2.17. The summed E-state index contributed by atoms with van der Waals surface area (Å²) in [5, 5.41) is 4.27. The summed E-state index contributed by atoms with van der Waals surface area (Å²) in [4.78, 5) is 31.4. The van der Waals surface area contributed by atoms with Gasteiger partial charge in [-0.15, -0.1) is 0 Å². The average molecular weight is 467 g/mol. The Morgan fingerprint density at radius 3 is 2.53 bits per heavy atom. The lowest BCUT2D eigenvalue weighted by Crippen LogP contribution is -2.29. The number of nitrogens with one attached hydrogen (secondary N) is 2.